The van der Waals surface area contributed by atoms with Gasteiger partial charge in [0, 0.05) is 6.54 Å². The van der Waals surface area contributed by atoms with Crippen molar-refractivity contribution < 1.29 is 4.79 Å². The lowest BCUT2D eigenvalue weighted by Gasteiger charge is -2.23. The monoisotopic (exact) mass is 246 g/mol. The lowest BCUT2D eigenvalue weighted by molar-refractivity contribution is -0.122. The number of carbonyl (C=O) groups is 1. The van der Waals surface area contributed by atoms with Crippen molar-refractivity contribution in [1.82, 2.24) is 10.6 Å². The first-order chi connectivity index (χ1) is 8.77. The highest BCUT2D eigenvalue weighted by Crippen LogP contribution is 2.15. The van der Waals surface area contributed by atoms with E-state index < -0.39 is 0 Å². The van der Waals surface area contributed by atoms with Gasteiger partial charge in [-0.2, -0.15) is 0 Å². The molecule has 2 rings (SSSR count). The summed E-state index contributed by atoms with van der Waals surface area (Å²) in [6.07, 6.45) is 2.43. The van der Waals surface area contributed by atoms with Gasteiger partial charge in [0.1, 0.15) is 0 Å². The molecule has 1 heterocycles. The molecular formula is C15H22N2O. The fraction of sp³-hybridized carbons (Fsp3) is 0.533. The van der Waals surface area contributed by atoms with Crippen LogP contribution in [0.5, 0.6) is 0 Å². The number of benzene rings is 1. The molecule has 0 aromatic heterocycles. The molecule has 2 unspecified atom stereocenters. The van der Waals surface area contributed by atoms with Gasteiger partial charge in [0.05, 0.1) is 5.92 Å². The molecule has 2 N–H and O–H groups in total. The van der Waals surface area contributed by atoms with E-state index in [2.05, 4.69) is 10.6 Å². The molecule has 3 heteroatoms. The van der Waals surface area contributed by atoms with E-state index in [1.54, 1.807) is 0 Å². The number of carbonyl (C=O) groups excluding carboxylic acids is 1. The van der Waals surface area contributed by atoms with Crippen molar-refractivity contribution in [2.45, 2.75) is 25.7 Å². The highest BCUT2D eigenvalue weighted by Gasteiger charge is 2.17. The van der Waals surface area contributed by atoms with Gasteiger partial charge in [-0.25, -0.2) is 0 Å². The lowest BCUT2D eigenvalue weighted by atomic mass is 9.98. The Morgan fingerprint density at radius 1 is 1.44 bits per heavy atom. The zero-order valence-electron chi connectivity index (χ0n) is 11.0. The summed E-state index contributed by atoms with van der Waals surface area (Å²) in [5.41, 5.74) is 1.08. The first-order valence-corrected chi connectivity index (χ1v) is 6.80. The van der Waals surface area contributed by atoms with Gasteiger partial charge in [-0.3, -0.25) is 4.79 Å². The fourth-order valence-electron chi connectivity index (χ4n) is 2.39. The second-order valence-electron chi connectivity index (χ2n) is 5.09. The number of amides is 1. The van der Waals surface area contributed by atoms with Gasteiger partial charge in [-0.1, -0.05) is 30.3 Å². The number of piperidine rings is 1. The van der Waals surface area contributed by atoms with Gasteiger partial charge < -0.3 is 10.6 Å². The van der Waals surface area contributed by atoms with E-state index in [1.165, 1.54) is 12.8 Å². The second kappa shape index (κ2) is 6.55. The Bertz CT molecular complexity index is 371. The Labute approximate surface area is 109 Å². The van der Waals surface area contributed by atoms with Gasteiger partial charge in [0.15, 0.2) is 0 Å². The molecule has 1 aromatic carbocycles. The normalized spacial score (nSPS) is 21.3. The van der Waals surface area contributed by atoms with Crippen molar-refractivity contribution in [2.75, 3.05) is 19.6 Å². The number of hydrogen-bond donors (Lipinski definition) is 2. The maximum atomic E-state index is 12.1. The summed E-state index contributed by atoms with van der Waals surface area (Å²) in [7, 11) is 0. The molecule has 0 saturated carbocycles. The fourth-order valence-corrected chi connectivity index (χ4v) is 2.39. The Balaban J connectivity index is 1.80. The molecule has 98 valence electrons. The predicted octanol–water partition coefficient (Wildman–Crippen LogP) is 1.91. The number of hydrogen-bond acceptors (Lipinski definition) is 2. The van der Waals surface area contributed by atoms with Crippen LogP contribution in [0.1, 0.15) is 31.2 Å². The largest absolute Gasteiger partial charge is 0.355 e. The van der Waals surface area contributed by atoms with Crippen LogP contribution in [0.15, 0.2) is 30.3 Å². The summed E-state index contributed by atoms with van der Waals surface area (Å²) >= 11 is 0. The molecule has 0 spiro atoms. The topological polar surface area (TPSA) is 41.1 Å². The summed E-state index contributed by atoms with van der Waals surface area (Å²) in [4.78, 5) is 12.1. The molecule has 2 atom stereocenters. The summed E-state index contributed by atoms with van der Waals surface area (Å²) < 4.78 is 0. The SMILES string of the molecule is CC(C(=O)NCC1CCCNC1)c1ccccc1. The minimum atomic E-state index is -0.0669. The van der Waals surface area contributed by atoms with Gasteiger partial charge in [-0.05, 0) is 44.3 Å². The molecule has 1 saturated heterocycles. The lowest BCUT2D eigenvalue weighted by Crippen LogP contribution is -2.39. The molecule has 1 aromatic rings. The highest BCUT2D eigenvalue weighted by atomic mass is 16.1. The molecule has 1 aliphatic heterocycles. The minimum Gasteiger partial charge on any atom is -0.355 e. The molecule has 0 aliphatic carbocycles. The minimum absolute atomic E-state index is 0.0669. The van der Waals surface area contributed by atoms with E-state index >= 15 is 0 Å². The van der Waals surface area contributed by atoms with Gasteiger partial charge in [0.25, 0.3) is 0 Å². The molecule has 18 heavy (non-hydrogen) atoms. The van der Waals surface area contributed by atoms with Crippen LogP contribution in [-0.2, 0) is 4.79 Å². The van der Waals surface area contributed by atoms with E-state index in [0.29, 0.717) is 5.92 Å². The standard InChI is InChI=1S/C15H22N2O/c1-12(14-7-3-2-4-8-14)15(18)17-11-13-6-5-9-16-10-13/h2-4,7-8,12-13,16H,5-6,9-11H2,1H3,(H,17,18). The van der Waals surface area contributed by atoms with E-state index in [4.69, 9.17) is 0 Å². The van der Waals surface area contributed by atoms with Crippen LogP contribution in [-0.4, -0.2) is 25.5 Å². The van der Waals surface area contributed by atoms with Crippen molar-refractivity contribution in [2.24, 2.45) is 5.92 Å². The Kier molecular flexibility index (Phi) is 4.76. The molecule has 1 fully saturated rings. The second-order valence-corrected chi connectivity index (χ2v) is 5.09. The van der Waals surface area contributed by atoms with Gasteiger partial charge in [0.2, 0.25) is 5.91 Å². The molecule has 3 nitrogen and oxygen atoms in total. The number of rotatable bonds is 4. The maximum Gasteiger partial charge on any atom is 0.227 e. The van der Waals surface area contributed by atoms with E-state index in [1.807, 2.05) is 37.3 Å². The smallest absolute Gasteiger partial charge is 0.227 e. The summed E-state index contributed by atoms with van der Waals surface area (Å²) in [6.45, 7) is 4.90. The summed E-state index contributed by atoms with van der Waals surface area (Å²) in [6, 6.07) is 9.94. The van der Waals surface area contributed by atoms with Crippen LogP contribution in [0.2, 0.25) is 0 Å². The molecule has 0 bridgehead atoms. The van der Waals surface area contributed by atoms with E-state index in [9.17, 15) is 4.79 Å². The van der Waals surface area contributed by atoms with Crippen LogP contribution in [0.3, 0.4) is 0 Å². The van der Waals surface area contributed by atoms with Gasteiger partial charge >= 0.3 is 0 Å². The molecule has 1 aliphatic rings. The van der Waals surface area contributed by atoms with E-state index in [-0.39, 0.29) is 11.8 Å². The van der Waals surface area contributed by atoms with Crippen LogP contribution in [0.4, 0.5) is 0 Å². The first-order valence-electron chi connectivity index (χ1n) is 6.80. The van der Waals surface area contributed by atoms with Crippen molar-refractivity contribution >= 4 is 5.91 Å². The Hall–Kier alpha value is -1.35. The van der Waals surface area contributed by atoms with Crippen LogP contribution >= 0.6 is 0 Å². The van der Waals surface area contributed by atoms with Crippen molar-refractivity contribution in [3.8, 4) is 0 Å². The van der Waals surface area contributed by atoms with Gasteiger partial charge in [-0.15, -0.1) is 0 Å². The van der Waals surface area contributed by atoms with Crippen LogP contribution < -0.4 is 10.6 Å². The molecule has 0 radical (unpaired) electrons. The van der Waals surface area contributed by atoms with Crippen LogP contribution in [0.25, 0.3) is 0 Å². The third-order valence-electron chi connectivity index (χ3n) is 3.66. The molecular weight excluding hydrogens is 224 g/mol. The van der Waals surface area contributed by atoms with Crippen molar-refractivity contribution in [1.29, 1.82) is 0 Å². The van der Waals surface area contributed by atoms with Crippen molar-refractivity contribution in [3.63, 3.8) is 0 Å². The zero-order chi connectivity index (χ0) is 12.8. The quantitative estimate of drug-likeness (QED) is 0.852. The summed E-state index contributed by atoms with van der Waals surface area (Å²) in [5.74, 6) is 0.653. The average Bonchev–Trinajstić information content (AvgIpc) is 2.46. The Morgan fingerprint density at radius 2 is 2.22 bits per heavy atom. The predicted molar refractivity (Wildman–Crippen MR) is 73.5 cm³/mol. The maximum absolute atomic E-state index is 12.1. The summed E-state index contributed by atoms with van der Waals surface area (Å²) in [5, 5.41) is 6.44. The molecule has 1 amide bonds. The highest BCUT2D eigenvalue weighted by molar-refractivity contribution is 5.83. The third-order valence-corrected chi connectivity index (χ3v) is 3.66. The first kappa shape index (κ1) is 13.1. The van der Waals surface area contributed by atoms with E-state index in [0.717, 1.165) is 25.2 Å². The van der Waals surface area contributed by atoms with Crippen molar-refractivity contribution in [3.05, 3.63) is 35.9 Å². The Morgan fingerprint density at radius 3 is 2.89 bits per heavy atom. The average molecular weight is 246 g/mol. The zero-order valence-corrected chi connectivity index (χ0v) is 11.0. The third kappa shape index (κ3) is 3.57. The number of nitrogens with one attached hydrogen (secondary N) is 2. The van der Waals surface area contributed by atoms with Crippen LogP contribution in [0, 0.1) is 5.92 Å².